The summed E-state index contributed by atoms with van der Waals surface area (Å²) in [6.45, 7) is 3.93. The summed E-state index contributed by atoms with van der Waals surface area (Å²) in [5.41, 5.74) is 0. The van der Waals surface area contributed by atoms with E-state index in [0.29, 0.717) is 12.3 Å². The Morgan fingerprint density at radius 3 is 3.18 bits per heavy atom. The van der Waals surface area contributed by atoms with Gasteiger partial charge in [-0.1, -0.05) is 6.08 Å². The van der Waals surface area contributed by atoms with E-state index in [1.165, 1.54) is 6.26 Å². The monoisotopic (exact) mass is 151 g/mol. The number of rotatable bonds is 3. The molecule has 0 aromatic carbocycles. The Morgan fingerprint density at radius 1 is 1.82 bits per heavy atom. The van der Waals surface area contributed by atoms with Crippen LogP contribution in [-0.4, -0.2) is 12.5 Å². The number of hydrogen-bond donors (Lipinski definition) is 1. The van der Waals surface area contributed by atoms with Gasteiger partial charge in [0.2, 0.25) is 0 Å². The second-order valence-corrected chi connectivity index (χ2v) is 1.98. The van der Waals surface area contributed by atoms with Crippen LogP contribution in [0.3, 0.4) is 0 Å². The van der Waals surface area contributed by atoms with Crippen molar-refractivity contribution in [2.75, 3.05) is 6.54 Å². The first-order valence-corrected chi connectivity index (χ1v) is 3.27. The summed E-state index contributed by atoms with van der Waals surface area (Å²) in [6.07, 6.45) is 3.07. The van der Waals surface area contributed by atoms with Gasteiger partial charge in [-0.25, -0.2) is 0 Å². The molecule has 0 spiro atoms. The van der Waals surface area contributed by atoms with E-state index in [1.807, 2.05) is 0 Å². The van der Waals surface area contributed by atoms with E-state index >= 15 is 0 Å². The van der Waals surface area contributed by atoms with Crippen molar-refractivity contribution < 1.29 is 9.21 Å². The number of amides is 1. The molecule has 0 saturated heterocycles. The number of hydrogen-bond acceptors (Lipinski definition) is 2. The molecule has 0 aliphatic heterocycles. The fourth-order valence-electron chi connectivity index (χ4n) is 0.660. The molecule has 1 N–H and O–H groups in total. The summed E-state index contributed by atoms with van der Waals surface area (Å²) in [6, 6.07) is 3.28. The maximum Gasteiger partial charge on any atom is 0.287 e. The van der Waals surface area contributed by atoms with Crippen molar-refractivity contribution in [1.29, 1.82) is 0 Å². The first-order chi connectivity index (χ1) is 5.34. The van der Waals surface area contributed by atoms with E-state index in [-0.39, 0.29) is 5.91 Å². The van der Waals surface area contributed by atoms with Crippen LogP contribution >= 0.6 is 0 Å². The Labute approximate surface area is 64.7 Å². The van der Waals surface area contributed by atoms with Crippen LogP contribution in [0.4, 0.5) is 0 Å². The van der Waals surface area contributed by atoms with Gasteiger partial charge in [-0.15, -0.1) is 6.58 Å². The molecule has 1 aromatic rings. The van der Waals surface area contributed by atoms with Gasteiger partial charge in [-0.05, 0) is 12.1 Å². The summed E-state index contributed by atoms with van der Waals surface area (Å²) in [4.78, 5) is 11.0. The van der Waals surface area contributed by atoms with Gasteiger partial charge in [0.15, 0.2) is 5.76 Å². The summed E-state index contributed by atoms with van der Waals surface area (Å²) in [5.74, 6) is 0.113. The lowest BCUT2D eigenvalue weighted by Crippen LogP contribution is -2.22. The molecular weight excluding hydrogens is 142 g/mol. The average molecular weight is 151 g/mol. The predicted molar refractivity (Wildman–Crippen MR) is 41.2 cm³/mol. The first kappa shape index (κ1) is 7.60. The highest BCUT2D eigenvalue weighted by atomic mass is 16.3. The number of carbonyl (C=O) groups excluding carboxylic acids is 1. The van der Waals surface area contributed by atoms with Crippen LogP contribution in [0.1, 0.15) is 10.6 Å². The van der Waals surface area contributed by atoms with Gasteiger partial charge < -0.3 is 9.73 Å². The molecular formula is C8H9NO2. The second kappa shape index (κ2) is 3.61. The summed E-state index contributed by atoms with van der Waals surface area (Å²) >= 11 is 0. The molecule has 0 atom stereocenters. The van der Waals surface area contributed by atoms with Crippen LogP contribution in [0, 0.1) is 0 Å². The highest BCUT2D eigenvalue weighted by Crippen LogP contribution is 1.98. The van der Waals surface area contributed by atoms with Gasteiger partial charge in [-0.2, -0.15) is 0 Å². The van der Waals surface area contributed by atoms with Gasteiger partial charge in [0, 0.05) is 6.54 Å². The fourth-order valence-corrected chi connectivity index (χ4v) is 0.660. The lowest BCUT2D eigenvalue weighted by molar-refractivity contribution is 0.0930. The quantitative estimate of drug-likeness (QED) is 0.659. The molecule has 0 unspecified atom stereocenters. The molecule has 1 aromatic heterocycles. The van der Waals surface area contributed by atoms with Crippen molar-refractivity contribution in [1.82, 2.24) is 5.32 Å². The smallest absolute Gasteiger partial charge is 0.287 e. The van der Waals surface area contributed by atoms with Crippen LogP contribution in [0.15, 0.2) is 35.5 Å². The molecule has 0 aliphatic rings. The third kappa shape index (κ3) is 1.97. The molecule has 1 rings (SSSR count). The van der Waals surface area contributed by atoms with Crippen molar-refractivity contribution in [3.05, 3.63) is 36.8 Å². The molecule has 0 radical (unpaired) electrons. The zero-order valence-corrected chi connectivity index (χ0v) is 6.04. The highest BCUT2D eigenvalue weighted by molar-refractivity contribution is 5.91. The van der Waals surface area contributed by atoms with Gasteiger partial charge in [-0.3, -0.25) is 4.79 Å². The van der Waals surface area contributed by atoms with Crippen molar-refractivity contribution in [3.63, 3.8) is 0 Å². The predicted octanol–water partition coefficient (Wildman–Crippen LogP) is 1.20. The number of nitrogens with one attached hydrogen (secondary N) is 1. The molecule has 0 bridgehead atoms. The largest absolute Gasteiger partial charge is 0.459 e. The first-order valence-electron chi connectivity index (χ1n) is 3.27. The zero-order chi connectivity index (χ0) is 8.10. The third-order valence-electron chi connectivity index (χ3n) is 1.15. The summed E-state index contributed by atoms with van der Waals surface area (Å²) in [5, 5.41) is 2.58. The molecule has 3 heteroatoms. The second-order valence-electron chi connectivity index (χ2n) is 1.98. The molecule has 3 nitrogen and oxygen atoms in total. The Hall–Kier alpha value is -1.51. The van der Waals surface area contributed by atoms with E-state index in [1.54, 1.807) is 18.2 Å². The molecule has 0 aliphatic carbocycles. The zero-order valence-electron chi connectivity index (χ0n) is 6.04. The van der Waals surface area contributed by atoms with E-state index in [9.17, 15) is 4.79 Å². The van der Waals surface area contributed by atoms with E-state index in [4.69, 9.17) is 4.42 Å². The Balaban J connectivity index is 2.49. The number of furan rings is 1. The molecule has 0 saturated carbocycles. The SMILES string of the molecule is C=CCNC(=O)c1ccco1. The summed E-state index contributed by atoms with van der Waals surface area (Å²) in [7, 11) is 0. The van der Waals surface area contributed by atoms with E-state index in [2.05, 4.69) is 11.9 Å². The third-order valence-corrected chi connectivity index (χ3v) is 1.15. The van der Waals surface area contributed by atoms with Crippen LogP contribution in [0.5, 0.6) is 0 Å². The molecule has 1 amide bonds. The highest BCUT2D eigenvalue weighted by Gasteiger charge is 2.04. The molecule has 0 fully saturated rings. The van der Waals surface area contributed by atoms with Gasteiger partial charge in [0.05, 0.1) is 6.26 Å². The normalized spacial score (nSPS) is 9.09. The topological polar surface area (TPSA) is 42.2 Å². The Morgan fingerprint density at radius 2 is 2.64 bits per heavy atom. The maximum atomic E-state index is 11.0. The Bertz CT molecular complexity index is 239. The standard InChI is InChI=1S/C8H9NO2/c1-2-5-9-8(10)7-4-3-6-11-7/h2-4,6H,1,5H2,(H,9,10). The lowest BCUT2D eigenvalue weighted by atomic mass is 10.4. The summed E-state index contributed by atoms with van der Waals surface area (Å²) < 4.78 is 4.85. The average Bonchev–Trinajstić information content (AvgIpc) is 2.52. The fraction of sp³-hybridized carbons (Fsp3) is 0.125. The molecule has 58 valence electrons. The number of carbonyl (C=O) groups is 1. The van der Waals surface area contributed by atoms with Crippen LogP contribution < -0.4 is 5.32 Å². The van der Waals surface area contributed by atoms with E-state index < -0.39 is 0 Å². The van der Waals surface area contributed by atoms with Crippen molar-refractivity contribution in [3.8, 4) is 0 Å². The Kier molecular flexibility index (Phi) is 2.49. The maximum absolute atomic E-state index is 11.0. The van der Waals surface area contributed by atoms with Crippen LogP contribution in [0.2, 0.25) is 0 Å². The minimum Gasteiger partial charge on any atom is -0.459 e. The van der Waals surface area contributed by atoms with Gasteiger partial charge >= 0.3 is 0 Å². The van der Waals surface area contributed by atoms with Gasteiger partial charge in [0.1, 0.15) is 0 Å². The minimum absolute atomic E-state index is 0.213. The van der Waals surface area contributed by atoms with Crippen LogP contribution in [-0.2, 0) is 0 Å². The van der Waals surface area contributed by atoms with Crippen molar-refractivity contribution in [2.24, 2.45) is 0 Å². The van der Waals surface area contributed by atoms with Crippen molar-refractivity contribution in [2.45, 2.75) is 0 Å². The molecule has 11 heavy (non-hydrogen) atoms. The molecule has 1 heterocycles. The van der Waals surface area contributed by atoms with Crippen molar-refractivity contribution >= 4 is 5.91 Å². The van der Waals surface area contributed by atoms with Crippen LogP contribution in [0.25, 0.3) is 0 Å². The minimum atomic E-state index is -0.213. The van der Waals surface area contributed by atoms with E-state index in [0.717, 1.165) is 0 Å². The lowest BCUT2D eigenvalue weighted by Gasteiger charge is -1.96. The van der Waals surface area contributed by atoms with Gasteiger partial charge in [0.25, 0.3) is 5.91 Å².